The van der Waals surface area contributed by atoms with Gasteiger partial charge in [0.1, 0.15) is 0 Å². The van der Waals surface area contributed by atoms with E-state index in [9.17, 15) is 0 Å². The molecule has 0 aliphatic heterocycles. The van der Waals surface area contributed by atoms with Crippen LogP contribution in [-0.2, 0) is 0 Å². The molecule has 0 fully saturated rings. The second kappa shape index (κ2) is 5.69. The smallest absolute Gasteiger partial charge is 0.0104 e. The van der Waals surface area contributed by atoms with E-state index in [1.54, 1.807) is 0 Å². The molecule has 0 radical (unpaired) electrons. The molecule has 0 unspecified atom stereocenters. The van der Waals surface area contributed by atoms with Gasteiger partial charge in [-0.1, -0.05) is 27.7 Å². The van der Waals surface area contributed by atoms with Crippen LogP contribution in [0.15, 0.2) is 0 Å². The fourth-order valence-electron chi connectivity index (χ4n) is 1.25. The van der Waals surface area contributed by atoms with Crippen molar-refractivity contribution in [2.24, 2.45) is 0 Å². The molecule has 62 valence electrons. The van der Waals surface area contributed by atoms with Crippen LogP contribution in [0.4, 0.5) is 0 Å². The maximum atomic E-state index is 2.36. The molecule has 0 aromatic carbocycles. The van der Waals surface area contributed by atoms with Gasteiger partial charge in [-0.05, 0) is 0 Å². The first-order valence-corrected chi connectivity index (χ1v) is 4.29. The van der Waals surface area contributed by atoms with Crippen molar-refractivity contribution in [3.8, 4) is 0 Å². The molecule has 0 saturated carbocycles. The number of hydrogen-bond acceptors (Lipinski definition) is 2. The Morgan fingerprint density at radius 1 is 0.600 bits per heavy atom. The van der Waals surface area contributed by atoms with Crippen molar-refractivity contribution in [1.29, 1.82) is 0 Å². The van der Waals surface area contributed by atoms with E-state index in [0.717, 1.165) is 26.2 Å². The Labute approximate surface area is 64.8 Å². The van der Waals surface area contributed by atoms with Crippen molar-refractivity contribution in [3.05, 3.63) is 0 Å². The van der Waals surface area contributed by atoms with Crippen molar-refractivity contribution in [2.75, 3.05) is 26.2 Å². The molecule has 10 heavy (non-hydrogen) atoms. The minimum absolute atomic E-state index is 1.12. The van der Waals surface area contributed by atoms with Gasteiger partial charge >= 0.3 is 0 Å². The molecule has 0 aliphatic rings. The van der Waals surface area contributed by atoms with Gasteiger partial charge in [0.2, 0.25) is 0 Å². The molecule has 0 aromatic heterocycles. The van der Waals surface area contributed by atoms with E-state index >= 15 is 0 Å². The van der Waals surface area contributed by atoms with Crippen molar-refractivity contribution in [3.63, 3.8) is 0 Å². The number of rotatable bonds is 5. The highest BCUT2D eigenvalue weighted by atomic mass is 15.6. The molecule has 0 N–H and O–H groups in total. The number of nitrogens with zero attached hydrogens (tertiary/aromatic N) is 2. The van der Waals surface area contributed by atoms with Crippen LogP contribution in [0, 0.1) is 0 Å². The van der Waals surface area contributed by atoms with Gasteiger partial charge in [0.25, 0.3) is 0 Å². The van der Waals surface area contributed by atoms with Gasteiger partial charge in [-0.2, -0.15) is 0 Å². The zero-order valence-electron chi connectivity index (χ0n) is 7.72. The van der Waals surface area contributed by atoms with Crippen LogP contribution in [0.2, 0.25) is 0 Å². The third-order valence-corrected chi connectivity index (χ3v) is 1.86. The highest BCUT2D eigenvalue weighted by Gasteiger charge is 2.05. The van der Waals surface area contributed by atoms with Crippen LogP contribution in [0.5, 0.6) is 0 Å². The minimum Gasteiger partial charge on any atom is -0.242 e. The van der Waals surface area contributed by atoms with E-state index < -0.39 is 0 Å². The average molecular weight is 144 g/mol. The summed E-state index contributed by atoms with van der Waals surface area (Å²) in [7, 11) is 0. The Kier molecular flexibility index (Phi) is 5.64. The summed E-state index contributed by atoms with van der Waals surface area (Å²) in [6.07, 6.45) is 0. The molecule has 0 heterocycles. The third kappa shape index (κ3) is 2.67. The Morgan fingerprint density at radius 2 is 0.800 bits per heavy atom. The lowest BCUT2D eigenvalue weighted by Gasteiger charge is -2.31. The van der Waals surface area contributed by atoms with Crippen LogP contribution in [0.3, 0.4) is 0 Å². The zero-order valence-corrected chi connectivity index (χ0v) is 7.72. The molecule has 0 amide bonds. The van der Waals surface area contributed by atoms with Crippen LogP contribution >= 0.6 is 0 Å². The van der Waals surface area contributed by atoms with E-state index in [2.05, 4.69) is 37.7 Å². The Hall–Kier alpha value is -0.0800. The first kappa shape index (κ1) is 9.92. The fourth-order valence-corrected chi connectivity index (χ4v) is 1.25. The molecular formula is C8H20N2. The Bertz CT molecular complexity index is 55.7. The topological polar surface area (TPSA) is 6.48 Å². The number of hydrogen-bond donors (Lipinski definition) is 0. The number of hydrazine groups is 1. The molecule has 0 bridgehead atoms. The maximum Gasteiger partial charge on any atom is 0.0104 e. The van der Waals surface area contributed by atoms with Gasteiger partial charge in [-0.15, -0.1) is 0 Å². The second-order valence-electron chi connectivity index (χ2n) is 2.28. The van der Waals surface area contributed by atoms with Gasteiger partial charge in [-0.25, -0.2) is 10.0 Å². The summed E-state index contributed by atoms with van der Waals surface area (Å²) in [4.78, 5) is 0. The van der Waals surface area contributed by atoms with Crippen LogP contribution in [0.25, 0.3) is 0 Å². The molecule has 0 aliphatic carbocycles. The quantitative estimate of drug-likeness (QED) is 0.541. The summed E-state index contributed by atoms with van der Waals surface area (Å²) in [6.45, 7) is 13.3. The summed E-state index contributed by atoms with van der Waals surface area (Å²) in [5, 5.41) is 4.72. The highest BCUT2D eigenvalue weighted by Crippen LogP contribution is 1.95. The van der Waals surface area contributed by atoms with Crippen molar-refractivity contribution in [2.45, 2.75) is 27.7 Å². The van der Waals surface area contributed by atoms with E-state index in [-0.39, 0.29) is 0 Å². The molecule has 2 nitrogen and oxygen atoms in total. The fraction of sp³-hybridized carbons (Fsp3) is 1.00. The van der Waals surface area contributed by atoms with Gasteiger partial charge in [0, 0.05) is 26.2 Å². The van der Waals surface area contributed by atoms with Gasteiger partial charge in [-0.3, -0.25) is 0 Å². The lowest BCUT2D eigenvalue weighted by atomic mass is 10.5. The van der Waals surface area contributed by atoms with Crippen LogP contribution < -0.4 is 0 Å². The summed E-state index contributed by atoms with van der Waals surface area (Å²) in [5.41, 5.74) is 0. The first-order valence-electron chi connectivity index (χ1n) is 4.29. The summed E-state index contributed by atoms with van der Waals surface area (Å²) < 4.78 is 0. The lowest BCUT2D eigenvalue weighted by Crippen LogP contribution is -2.42. The summed E-state index contributed by atoms with van der Waals surface area (Å²) in [5.74, 6) is 0. The zero-order chi connectivity index (χ0) is 7.98. The SMILES string of the molecule is CCN(CC)N(CC)CC. The molecule has 0 atom stereocenters. The van der Waals surface area contributed by atoms with Gasteiger partial charge in [0.05, 0.1) is 0 Å². The predicted octanol–water partition coefficient (Wildman–Crippen LogP) is 1.58. The predicted molar refractivity (Wildman–Crippen MR) is 45.8 cm³/mol. The van der Waals surface area contributed by atoms with Crippen molar-refractivity contribution in [1.82, 2.24) is 10.0 Å². The largest absolute Gasteiger partial charge is 0.242 e. The monoisotopic (exact) mass is 144 g/mol. The second-order valence-corrected chi connectivity index (χ2v) is 2.28. The van der Waals surface area contributed by atoms with E-state index in [1.807, 2.05) is 0 Å². The average Bonchev–Trinajstić information content (AvgIpc) is 2.00. The van der Waals surface area contributed by atoms with Gasteiger partial charge < -0.3 is 0 Å². The van der Waals surface area contributed by atoms with E-state index in [4.69, 9.17) is 0 Å². The lowest BCUT2D eigenvalue weighted by molar-refractivity contribution is -0.00652. The third-order valence-electron chi connectivity index (χ3n) is 1.86. The summed E-state index contributed by atoms with van der Waals surface area (Å²) >= 11 is 0. The van der Waals surface area contributed by atoms with Crippen molar-refractivity contribution < 1.29 is 0 Å². The molecular weight excluding hydrogens is 124 g/mol. The Balaban J connectivity index is 3.70. The van der Waals surface area contributed by atoms with E-state index in [0.29, 0.717) is 0 Å². The molecule has 0 aromatic rings. The first-order chi connectivity index (χ1) is 4.79. The molecule has 0 saturated heterocycles. The van der Waals surface area contributed by atoms with Crippen LogP contribution in [0.1, 0.15) is 27.7 Å². The molecule has 0 spiro atoms. The normalized spacial score (nSPS) is 11.4. The van der Waals surface area contributed by atoms with Gasteiger partial charge in [0.15, 0.2) is 0 Å². The van der Waals surface area contributed by atoms with Crippen LogP contribution in [-0.4, -0.2) is 36.2 Å². The molecule has 0 rings (SSSR count). The minimum atomic E-state index is 1.12. The highest BCUT2D eigenvalue weighted by molar-refractivity contribution is 4.48. The molecule has 2 heteroatoms. The standard InChI is InChI=1S/C8H20N2/c1-5-9(6-2)10(7-3)8-4/h5-8H2,1-4H3. The van der Waals surface area contributed by atoms with E-state index in [1.165, 1.54) is 0 Å². The van der Waals surface area contributed by atoms with Crippen molar-refractivity contribution >= 4 is 0 Å². The summed E-state index contributed by atoms with van der Waals surface area (Å²) in [6, 6.07) is 0. The maximum absolute atomic E-state index is 2.36. The Morgan fingerprint density at radius 3 is 0.900 bits per heavy atom.